The molecule has 3 rings (SSSR count). The van der Waals surface area contributed by atoms with Crippen LogP contribution in [0.3, 0.4) is 0 Å². The van der Waals surface area contributed by atoms with E-state index in [1.165, 1.54) is 22.7 Å². The number of aromatic nitrogens is 1. The van der Waals surface area contributed by atoms with Gasteiger partial charge in [-0.05, 0) is 13.8 Å². The molecule has 0 saturated carbocycles. The minimum Gasteiger partial charge on any atom is -0.420 e. The zero-order valence-electron chi connectivity index (χ0n) is 13.5. The quantitative estimate of drug-likeness (QED) is 0.582. The number of oxazole rings is 1. The number of ether oxygens (including phenoxy) is 1. The molecule has 2 atom stereocenters. The van der Waals surface area contributed by atoms with E-state index >= 15 is 0 Å². The molecule has 0 aromatic carbocycles. The first-order valence-electron chi connectivity index (χ1n) is 7.42. The van der Waals surface area contributed by atoms with Gasteiger partial charge in [0.1, 0.15) is 10.4 Å². The van der Waals surface area contributed by atoms with Crippen molar-refractivity contribution in [2.45, 2.75) is 26.1 Å². The third-order valence-corrected chi connectivity index (χ3v) is 5.16. The Kier molecular flexibility index (Phi) is 4.62. The Balaban J connectivity index is 1.90. The smallest absolute Gasteiger partial charge is 0.266 e. The van der Waals surface area contributed by atoms with E-state index in [-0.39, 0.29) is 29.7 Å². The van der Waals surface area contributed by atoms with E-state index in [9.17, 15) is 10.1 Å². The standard InChI is InChI=1S/C15H16N4O3S2/c1-8-6-19(7-9(2)21-8)14-10(5-16)17-12(22-14)4-11-13(20)18(3)15(23)24-11/h4,8-9H,6-7H2,1-3H3/b11-4-/t8-,9+. The number of amides is 1. The first kappa shape index (κ1) is 17.0. The summed E-state index contributed by atoms with van der Waals surface area (Å²) in [6.07, 6.45) is 1.59. The van der Waals surface area contributed by atoms with Gasteiger partial charge in [0.05, 0.1) is 17.1 Å². The fourth-order valence-electron chi connectivity index (χ4n) is 2.68. The summed E-state index contributed by atoms with van der Waals surface area (Å²) in [7, 11) is 1.62. The highest BCUT2D eigenvalue weighted by atomic mass is 32.2. The molecular formula is C15H16N4O3S2. The van der Waals surface area contributed by atoms with Crippen LogP contribution in [0, 0.1) is 11.3 Å². The average molecular weight is 364 g/mol. The molecule has 0 N–H and O–H groups in total. The Morgan fingerprint density at radius 1 is 1.42 bits per heavy atom. The van der Waals surface area contributed by atoms with Crippen LogP contribution in [-0.4, -0.2) is 52.5 Å². The molecule has 1 amide bonds. The molecule has 0 radical (unpaired) electrons. The van der Waals surface area contributed by atoms with Crippen LogP contribution < -0.4 is 4.90 Å². The second-order valence-electron chi connectivity index (χ2n) is 5.72. The number of hydrogen-bond acceptors (Lipinski definition) is 8. The maximum atomic E-state index is 12.1. The van der Waals surface area contributed by atoms with Gasteiger partial charge in [0.2, 0.25) is 17.5 Å². The van der Waals surface area contributed by atoms with Crippen molar-refractivity contribution in [1.29, 1.82) is 5.26 Å². The summed E-state index contributed by atoms with van der Waals surface area (Å²) >= 11 is 6.28. The summed E-state index contributed by atoms with van der Waals surface area (Å²) in [5.41, 5.74) is 0.203. The predicted molar refractivity (Wildman–Crippen MR) is 94.4 cm³/mol. The van der Waals surface area contributed by atoms with E-state index in [1.54, 1.807) is 7.05 Å². The van der Waals surface area contributed by atoms with E-state index in [4.69, 9.17) is 21.4 Å². The molecule has 0 bridgehead atoms. The number of nitrogens with zero attached hydrogens (tertiary/aromatic N) is 4. The van der Waals surface area contributed by atoms with Crippen LogP contribution in [0.15, 0.2) is 9.32 Å². The molecule has 0 unspecified atom stereocenters. The molecule has 1 aromatic rings. The zero-order chi connectivity index (χ0) is 17.4. The highest BCUT2D eigenvalue weighted by Gasteiger charge is 2.31. The summed E-state index contributed by atoms with van der Waals surface area (Å²) in [5.74, 6) is 0.442. The number of carbonyl (C=O) groups excluding carboxylic acids is 1. The number of nitriles is 1. The largest absolute Gasteiger partial charge is 0.420 e. The van der Waals surface area contributed by atoms with Gasteiger partial charge in [0.15, 0.2) is 0 Å². The fraction of sp³-hybridized carbons (Fsp3) is 0.467. The molecule has 2 aliphatic rings. The summed E-state index contributed by atoms with van der Waals surface area (Å²) in [6.45, 7) is 5.17. The highest BCUT2D eigenvalue weighted by molar-refractivity contribution is 8.26. The Bertz CT molecular complexity index is 757. The summed E-state index contributed by atoms with van der Waals surface area (Å²) in [5, 5.41) is 9.34. The van der Waals surface area contributed by atoms with Gasteiger partial charge in [-0.3, -0.25) is 9.69 Å². The van der Waals surface area contributed by atoms with Gasteiger partial charge < -0.3 is 14.1 Å². The van der Waals surface area contributed by atoms with Gasteiger partial charge in [-0.25, -0.2) is 0 Å². The molecule has 0 aliphatic carbocycles. The van der Waals surface area contributed by atoms with Crippen LogP contribution in [0.4, 0.5) is 5.88 Å². The van der Waals surface area contributed by atoms with E-state index in [1.807, 2.05) is 18.7 Å². The maximum Gasteiger partial charge on any atom is 0.266 e. The van der Waals surface area contributed by atoms with Crippen molar-refractivity contribution < 1.29 is 13.9 Å². The molecule has 0 spiro atoms. The second kappa shape index (κ2) is 6.55. The summed E-state index contributed by atoms with van der Waals surface area (Å²) < 4.78 is 11.9. The summed E-state index contributed by atoms with van der Waals surface area (Å²) in [6, 6.07) is 2.05. The Labute approximate surface area is 149 Å². The van der Waals surface area contributed by atoms with Crippen molar-refractivity contribution in [3.8, 4) is 6.07 Å². The number of anilines is 1. The maximum absolute atomic E-state index is 12.1. The molecule has 2 fully saturated rings. The lowest BCUT2D eigenvalue weighted by Gasteiger charge is -2.34. The van der Waals surface area contributed by atoms with Crippen molar-refractivity contribution in [2.24, 2.45) is 0 Å². The van der Waals surface area contributed by atoms with E-state index in [0.29, 0.717) is 28.2 Å². The number of likely N-dealkylation sites (N-methyl/N-ethyl adjacent to an activating group) is 1. The van der Waals surface area contributed by atoms with Crippen LogP contribution in [-0.2, 0) is 9.53 Å². The molecule has 126 valence electrons. The lowest BCUT2D eigenvalue weighted by molar-refractivity contribution is -0.121. The van der Waals surface area contributed by atoms with Gasteiger partial charge >= 0.3 is 0 Å². The van der Waals surface area contributed by atoms with Gasteiger partial charge in [-0.1, -0.05) is 24.0 Å². The van der Waals surface area contributed by atoms with Crippen molar-refractivity contribution in [1.82, 2.24) is 9.88 Å². The molecule has 1 aromatic heterocycles. The predicted octanol–water partition coefficient (Wildman–Crippen LogP) is 1.99. The molecule has 2 aliphatic heterocycles. The highest BCUT2D eigenvalue weighted by Crippen LogP contribution is 2.33. The number of rotatable bonds is 2. The average Bonchev–Trinajstić information content (AvgIpc) is 3.04. The van der Waals surface area contributed by atoms with Gasteiger partial charge in [0.25, 0.3) is 5.91 Å². The van der Waals surface area contributed by atoms with Crippen LogP contribution in [0.1, 0.15) is 25.4 Å². The molecule has 24 heavy (non-hydrogen) atoms. The van der Waals surface area contributed by atoms with E-state index in [2.05, 4.69) is 11.1 Å². The number of thioether (sulfide) groups is 1. The second-order valence-corrected chi connectivity index (χ2v) is 7.40. The molecule has 9 heteroatoms. The first-order valence-corrected chi connectivity index (χ1v) is 8.64. The molecule has 7 nitrogen and oxygen atoms in total. The van der Waals surface area contributed by atoms with Crippen LogP contribution in [0.25, 0.3) is 6.08 Å². The zero-order valence-corrected chi connectivity index (χ0v) is 15.1. The molecule has 2 saturated heterocycles. The monoisotopic (exact) mass is 364 g/mol. The van der Waals surface area contributed by atoms with Crippen molar-refractivity contribution in [2.75, 3.05) is 25.0 Å². The van der Waals surface area contributed by atoms with Crippen molar-refractivity contribution >= 4 is 46.2 Å². The Morgan fingerprint density at radius 3 is 2.62 bits per heavy atom. The number of hydrogen-bond donors (Lipinski definition) is 0. The van der Waals surface area contributed by atoms with Crippen LogP contribution in [0.2, 0.25) is 0 Å². The fourth-order valence-corrected chi connectivity index (χ4v) is 3.82. The normalized spacial score (nSPS) is 26.3. The SMILES string of the molecule is C[C@@H]1CN(c2oc(/C=C3\SC(=S)N(C)C3=O)nc2C#N)C[C@H](C)O1. The Morgan fingerprint density at radius 2 is 2.08 bits per heavy atom. The lowest BCUT2D eigenvalue weighted by atomic mass is 10.2. The molecular weight excluding hydrogens is 348 g/mol. The van der Waals surface area contributed by atoms with E-state index in [0.717, 1.165) is 0 Å². The minimum absolute atomic E-state index is 0.0326. The van der Waals surface area contributed by atoms with Crippen LogP contribution >= 0.6 is 24.0 Å². The number of carbonyl (C=O) groups is 1. The van der Waals surface area contributed by atoms with Gasteiger partial charge in [-0.15, -0.1) is 0 Å². The first-order chi connectivity index (χ1) is 11.4. The van der Waals surface area contributed by atoms with E-state index < -0.39 is 0 Å². The topological polar surface area (TPSA) is 82.6 Å². The van der Waals surface area contributed by atoms with Gasteiger partial charge in [-0.2, -0.15) is 10.2 Å². The third kappa shape index (κ3) is 3.17. The van der Waals surface area contributed by atoms with Gasteiger partial charge in [0, 0.05) is 26.2 Å². The Hall–Kier alpha value is -1.89. The minimum atomic E-state index is -0.197. The number of thiocarbonyl (C=S) groups is 1. The number of morpholine rings is 1. The lowest BCUT2D eigenvalue weighted by Crippen LogP contribution is -2.45. The van der Waals surface area contributed by atoms with Crippen molar-refractivity contribution in [3.05, 3.63) is 16.5 Å². The van der Waals surface area contributed by atoms with Crippen molar-refractivity contribution in [3.63, 3.8) is 0 Å². The third-order valence-electron chi connectivity index (χ3n) is 3.68. The molecule has 3 heterocycles. The van der Waals surface area contributed by atoms with Crippen LogP contribution in [0.5, 0.6) is 0 Å². The summed E-state index contributed by atoms with van der Waals surface area (Å²) in [4.78, 5) is 20.0.